The molecule has 0 radical (unpaired) electrons. The molecule has 2 aliphatic rings. The molecule has 1 aromatic heterocycles. The zero-order valence-electron chi connectivity index (χ0n) is 25.0. The third-order valence-electron chi connectivity index (χ3n) is 7.76. The Morgan fingerprint density at radius 3 is 2.29 bits per heavy atom. The lowest BCUT2D eigenvalue weighted by Crippen LogP contribution is -2.46. The number of carbonyl (C=O) groups excluding carboxylic acids is 2. The number of aliphatic hydroxyl groups is 1. The van der Waals surface area contributed by atoms with Gasteiger partial charge in [-0.3, -0.25) is 19.5 Å². The van der Waals surface area contributed by atoms with Gasteiger partial charge in [-0.1, -0.05) is 51.1 Å². The van der Waals surface area contributed by atoms with Gasteiger partial charge in [0.05, 0.1) is 23.6 Å². The summed E-state index contributed by atoms with van der Waals surface area (Å²) in [5.74, 6) is 1.15. The number of fused-ring (bicyclic) bond motifs is 2. The van der Waals surface area contributed by atoms with Crippen molar-refractivity contribution in [3.63, 3.8) is 0 Å². The molecule has 2 unspecified atom stereocenters. The van der Waals surface area contributed by atoms with E-state index in [0.717, 1.165) is 22.8 Å². The van der Waals surface area contributed by atoms with Crippen molar-refractivity contribution in [3.8, 4) is 11.5 Å². The van der Waals surface area contributed by atoms with E-state index in [1.54, 1.807) is 11.1 Å². The first-order valence-corrected chi connectivity index (χ1v) is 17.2. The molecule has 10 heteroatoms. The standard InChI is InChI=1S/C16H16N2O3.C16H25NO3Si/c19-10-8-15-16(20)18(11-12-5-3-4-9-17-12)13-6-1-2-7-14(13)21-15;1-16(2,3)21(4,5)19-11-10-14-15(18)17-12-8-6-7-9-13(12)20-14/h1-7,9,15,19H,8,10-11H2;6-9,14H,10-11H2,1-5H3,(H,17,18). The molecule has 0 aliphatic carbocycles. The summed E-state index contributed by atoms with van der Waals surface area (Å²) in [4.78, 5) is 30.5. The van der Waals surface area contributed by atoms with Gasteiger partial charge in [-0.2, -0.15) is 0 Å². The van der Waals surface area contributed by atoms with E-state index < -0.39 is 20.5 Å². The average Bonchev–Trinajstić information content (AvgIpc) is 2.96. The van der Waals surface area contributed by atoms with Crippen molar-refractivity contribution in [1.29, 1.82) is 0 Å². The summed E-state index contributed by atoms with van der Waals surface area (Å²) in [6, 6.07) is 20.5. The summed E-state index contributed by atoms with van der Waals surface area (Å²) in [6.45, 7) is 11.9. The molecule has 9 nitrogen and oxygen atoms in total. The summed E-state index contributed by atoms with van der Waals surface area (Å²) in [5, 5.41) is 12.2. The molecule has 0 spiro atoms. The lowest BCUT2D eigenvalue weighted by molar-refractivity contribution is -0.127. The Morgan fingerprint density at radius 2 is 1.60 bits per heavy atom. The van der Waals surface area contributed by atoms with Crippen LogP contribution in [-0.4, -0.2) is 55.6 Å². The molecule has 0 saturated carbocycles. The van der Waals surface area contributed by atoms with E-state index in [1.807, 2.05) is 66.7 Å². The Kier molecular flexibility index (Phi) is 10.0. The fraction of sp³-hybridized carbons (Fsp3) is 0.406. The van der Waals surface area contributed by atoms with Crippen molar-refractivity contribution in [2.75, 3.05) is 23.4 Å². The Balaban J connectivity index is 0.000000193. The second-order valence-electron chi connectivity index (χ2n) is 11.8. The highest BCUT2D eigenvalue weighted by atomic mass is 28.4. The molecule has 0 saturated heterocycles. The largest absolute Gasteiger partial charge is 0.478 e. The second-order valence-corrected chi connectivity index (χ2v) is 16.6. The van der Waals surface area contributed by atoms with Gasteiger partial charge in [-0.05, 0) is 54.5 Å². The minimum atomic E-state index is -1.77. The van der Waals surface area contributed by atoms with Gasteiger partial charge in [-0.25, -0.2) is 0 Å². The summed E-state index contributed by atoms with van der Waals surface area (Å²) in [6.07, 6.45) is 1.45. The molecule has 2 aliphatic heterocycles. The molecule has 2 N–H and O–H groups in total. The lowest BCUT2D eigenvalue weighted by atomic mass is 10.1. The van der Waals surface area contributed by atoms with Crippen LogP contribution in [0.2, 0.25) is 18.1 Å². The van der Waals surface area contributed by atoms with Crippen molar-refractivity contribution in [1.82, 2.24) is 4.98 Å². The first-order valence-electron chi connectivity index (χ1n) is 14.3. The van der Waals surface area contributed by atoms with Crippen LogP contribution in [-0.2, 0) is 20.6 Å². The molecule has 0 bridgehead atoms. The highest BCUT2D eigenvalue weighted by molar-refractivity contribution is 6.74. The summed E-state index contributed by atoms with van der Waals surface area (Å²) in [7, 11) is -1.77. The van der Waals surface area contributed by atoms with Crippen molar-refractivity contribution < 1.29 is 28.6 Å². The number of aromatic nitrogens is 1. The highest BCUT2D eigenvalue weighted by Gasteiger charge is 2.38. The van der Waals surface area contributed by atoms with Crippen LogP contribution in [0.3, 0.4) is 0 Å². The number of ether oxygens (including phenoxy) is 2. The van der Waals surface area contributed by atoms with Gasteiger partial charge in [-0.15, -0.1) is 0 Å². The number of aliphatic hydroxyl groups excluding tert-OH is 1. The Morgan fingerprint density at radius 1 is 0.929 bits per heavy atom. The Bertz CT molecular complexity index is 1360. The van der Waals surface area contributed by atoms with Gasteiger partial charge >= 0.3 is 0 Å². The van der Waals surface area contributed by atoms with Gasteiger partial charge < -0.3 is 24.3 Å². The maximum atomic E-state index is 12.5. The Labute approximate surface area is 249 Å². The topological polar surface area (TPSA) is 110 Å². The van der Waals surface area contributed by atoms with E-state index in [2.05, 4.69) is 44.2 Å². The zero-order valence-corrected chi connectivity index (χ0v) is 26.0. The third kappa shape index (κ3) is 7.56. The predicted octanol–water partition coefficient (Wildman–Crippen LogP) is 5.56. The van der Waals surface area contributed by atoms with Crippen LogP contribution >= 0.6 is 0 Å². The molecule has 2 aromatic carbocycles. The number of pyridine rings is 1. The molecule has 0 fully saturated rings. The monoisotopic (exact) mass is 591 g/mol. The Hall–Kier alpha value is -3.73. The fourth-order valence-electron chi connectivity index (χ4n) is 4.31. The van der Waals surface area contributed by atoms with E-state index in [9.17, 15) is 9.59 Å². The van der Waals surface area contributed by atoms with E-state index >= 15 is 0 Å². The van der Waals surface area contributed by atoms with E-state index in [-0.39, 0.29) is 29.9 Å². The number of amides is 2. The summed E-state index contributed by atoms with van der Waals surface area (Å²) >= 11 is 0. The predicted molar refractivity (Wildman–Crippen MR) is 165 cm³/mol. The van der Waals surface area contributed by atoms with Gasteiger partial charge in [0.2, 0.25) is 0 Å². The number of anilines is 2. The van der Waals surface area contributed by atoms with E-state index in [1.165, 1.54) is 0 Å². The van der Waals surface area contributed by atoms with E-state index in [0.29, 0.717) is 25.3 Å². The van der Waals surface area contributed by atoms with Crippen LogP contribution < -0.4 is 19.7 Å². The average molecular weight is 592 g/mol. The van der Waals surface area contributed by atoms with Crippen molar-refractivity contribution in [3.05, 3.63) is 78.6 Å². The zero-order chi connectivity index (χ0) is 30.3. The minimum Gasteiger partial charge on any atom is -0.478 e. The lowest BCUT2D eigenvalue weighted by Gasteiger charge is -2.36. The number of hydrogen-bond acceptors (Lipinski definition) is 7. The summed E-state index contributed by atoms with van der Waals surface area (Å²) < 4.78 is 17.6. The van der Waals surface area contributed by atoms with E-state index in [4.69, 9.17) is 19.0 Å². The minimum absolute atomic E-state index is 0.0873. The number of benzene rings is 2. The normalized spacial score (nSPS) is 18.0. The molecular weight excluding hydrogens is 550 g/mol. The number of carbonyl (C=O) groups is 2. The molecule has 224 valence electrons. The number of rotatable bonds is 8. The van der Waals surface area contributed by atoms with Crippen LogP contribution in [0.5, 0.6) is 11.5 Å². The van der Waals surface area contributed by atoms with Crippen LogP contribution in [0.25, 0.3) is 0 Å². The van der Waals surface area contributed by atoms with Crippen molar-refractivity contribution in [2.45, 2.75) is 70.5 Å². The van der Waals surface area contributed by atoms with Gasteiger partial charge in [0.15, 0.2) is 20.5 Å². The molecule has 2 atom stereocenters. The highest BCUT2D eigenvalue weighted by Crippen LogP contribution is 2.37. The first kappa shape index (κ1) is 31.2. The van der Waals surface area contributed by atoms with Gasteiger partial charge in [0.1, 0.15) is 11.5 Å². The number of para-hydroxylation sites is 4. The molecular formula is C32H41N3O6Si. The van der Waals surface area contributed by atoms with Crippen LogP contribution in [0, 0.1) is 0 Å². The van der Waals surface area contributed by atoms with Gasteiger partial charge in [0.25, 0.3) is 11.8 Å². The first-order chi connectivity index (χ1) is 20.0. The van der Waals surface area contributed by atoms with Gasteiger partial charge in [0, 0.05) is 32.3 Å². The quantitative estimate of drug-likeness (QED) is 0.330. The maximum absolute atomic E-state index is 12.5. The smallest absolute Gasteiger partial charge is 0.268 e. The third-order valence-corrected chi connectivity index (χ3v) is 12.3. The molecule has 2 amide bonds. The number of nitrogens with zero attached hydrogens (tertiary/aromatic N) is 2. The van der Waals surface area contributed by atoms with Crippen LogP contribution in [0.15, 0.2) is 72.9 Å². The molecule has 5 rings (SSSR count). The van der Waals surface area contributed by atoms with Crippen LogP contribution in [0.1, 0.15) is 39.3 Å². The molecule has 42 heavy (non-hydrogen) atoms. The van der Waals surface area contributed by atoms with Crippen LogP contribution in [0.4, 0.5) is 11.4 Å². The van der Waals surface area contributed by atoms with Crippen molar-refractivity contribution >= 4 is 31.5 Å². The fourth-order valence-corrected chi connectivity index (χ4v) is 5.37. The maximum Gasteiger partial charge on any atom is 0.268 e. The SMILES string of the molecule is CC(C)(C)[Si](C)(C)OCCC1Oc2ccccc2NC1=O.O=C1C(CCO)Oc2ccccc2N1Cc1ccccn1. The molecule has 3 heterocycles. The number of nitrogens with one attached hydrogen (secondary N) is 1. The number of hydrogen-bond donors (Lipinski definition) is 2. The molecule has 3 aromatic rings. The summed E-state index contributed by atoms with van der Waals surface area (Å²) in [5.41, 5.74) is 2.29. The second kappa shape index (κ2) is 13.5. The van der Waals surface area contributed by atoms with Crippen molar-refractivity contribution in [2.24, 2.45) is 0 Å².